The molecular weight excluding hydrogens is 503 g/mol. The van der Waals surface area contributed by atoms with E-state index in [0.29, 0.717) is 40.2 Å². The molecule has 11 heteroatoms. The highest BCUT2D eigenvalue weighted by atomic mass is 35.5. The lowest BCUT2D eigenvalue weighted by molar-refractivity contribution is -0.147. The number of nitrogens with zero attached hydrogens (tertiary/aromatic N) is 1. The summed E-state index contributed by atoms with van der Waals surface area (Å²) in [5.74, 6) is -1.56. The third-order valence-electron chi connectivity index (χ3n) is 4.86. The van der Waals surface area contributed by atoms with Crippen molar-refractivity contribution in [2.24, 2.45) is 5.73 Å². The van der Waals surface area contributed by atoms with E-state index in [2.05, 4.69) is 0 Å². The zero-order valence-electron chi connectivity index (χ0n) is 18.2. The molecule has 0 aromatic heterocycles. The Morgan fingerprint density at radius 1 is 1.12 bits per heavy atom. The minimum absolute atomic E-state index is 0.234. The fourth-order valence-corrected chi connectivity index (χ4v) is 4.03. The number of benzene rings is 2. The van der Waals surface area contributed by atoms with Gasteiger partial charge in [-0.1, -0.05) is 47.6 Å². The molecule has 1 aliphatic rings. The van der Waals surface area contributed by atoms with Gasteiger partial charge in [0.15, 0.2) is 0 Å². The number of carbonyl (C=O) groups is 3. The van der Waals surface area contributed by atoms with Gasteiger partial charge in [-0.25, -0.2) is 4.79 Å². The van der Waals surface area contributed by atoms with E-state index in [1.165, 1.54) is 11.8 Å². The van der Waals surface area contributed by atoms with Gasteiger partial charge >= 0.3 is 11.9 Å². The van der Waals surface area contributed by atoms with Gasteiger partial charge < -0.3 is 25.6 Å². The fourth-order valence-electron chi connectivity index (χ4n) is 3.17. The number of hydrogen-bond acceptors (Lipinski definition) is 6. The van der Waals surface area contributed by atoms with Gasteiger partial charge in [0.25, 0.3) is 0 Å². The van der Waals surface area contributed by atoms with Crippen molar-refractivity contribution in [1.29, 1.82) is 0 Å². The van der Waals surface area contributed by atoms with Crippen LogP contribution in [0.3, 0.4) is 0 Å². The first-order valence-electron chi connectivity index (χ1n) is 10.1. The van der Waals surface area contributed by atoms with Gasteiger partial charge in [0.2, 0.25) is 5.91 Å². The van der Waals surface area contributed by atoms with Gasteiger partial charge in [0.05, 0.1) is 6.54 Å². The number of likely N-dealkylation sites (tertiary alicyclic amines) is 1. The van der Waals surface area contributed by atoms with Crippen molar-refractivity contribution in [3.63, 3.8) is 0 Å². The Morgan fingerprint density at radius 2 is 1.71 bits per heavy atom. The van der Waals surface area contributed by atoms with E-state index in [9.17, 15) is 14.4 Å². The highest BCUT2D eigenvalue weighted by Crippen LogP contribution is 2.21. The Kier molecular flexibility index (Phi) is 10.2. The van der Waals surface area contributed by atoms with Crippen LogP contribution in [-0.4, -0.2) is 56.5 Å². The molecule has 0 spiro atoms. The maximum atomic E-state index is 10.9. The molecule has 2 aromatic rings. The van der Waals surface area contributed by atoms with Gasteiger partial charge in [0, 0.05) is 28.3 Å². The lowest BCUT2D eigenvalue weighted by Gasteiger charge is -2.18. The Labute approximate surface area is 212 Å². The highest BCUT2D eigenvalue weighted by Gasteiger charge is 2.34. The van der Waals surface area contributed by atoms with E-state index in [4.69, 9.17) is 56.1 Å². The van der Waals surface area contributed by atoms with Crippen LogP contribution in [0.2, 0.25) is 10.0 Å². The second-order valence-corrected chi connectivity index (χ2v) is 9.05. The van der Waals surface area contributed by atoms with E-state index in [1.807, 2.05) is 0 Å². The topological polar surface area (TPSA) is 130 Å². The first kappa shape index (κ1) is 27.5. The molecule has 1 heterocycles. The standard InChI is InChI=1S/C16H15Cl2NO3.C7H9NO3S/c17-12-5-11(6-13(18)8-12)9-22-14-3-1-10(2-4-14)7-15(19)16(20)21;1-4(9)8-3-5(12)2-6(8)7(10)11/h1-6,8,15H,7,9,19H2,(H,20,21);6H,2-3H2,1H3,(H,10,11)/t15-;6-/m00/s1. The minimum atomic E-state index is -1.02. The summed E-state index contributed by atoms with van der Waals surface area (Å²) in [4.78, 5) is 34.2. The van der Waals surface area contributed by atoms with Gasteiger partial charge in [-0.05, 0) is 47.9 Å². The van der Waals surface area contributed by atoms with Crippen LogP contribution < -0.4 is 10.5 Å². The molecule has 1 fully saturated rings. The summed E-state index contributed by atoms with van der Waals surface area (Å²) in [5, 5.41) is 18.6. The number of carboxylic acid groups (broad SMARTS) is 2. The van der Waals surface area contributed by atoms with Crippen LogP contribution in [0.15, 0.2) is 42.5 Å². The van der Waals surface area contributed by atoms with E-state index in [0.717, 1.165) is 11.1 Å². The number of rotatable bonds is 7. The second kappa shape index (κ2) is 12.7. The smallest absolute Gasteiger partial charge is 0.326 e. The van der Waals surface area contributed by atoms with Gasteiger partial charge in [-0.15, -0.1) is 0 Å². The lowest BCUT2D eigenvalue weighted by Crippen LogP contribution is -2.39. The molecule has 0 bridgehead atoms. The van der Waals surface area contributed by atoms with Crippen LogP contribution in [0.1, 0.15) is 24.5 Å². The van der Waals surface area contributed by atoms with Crippen LogP contribution in [-0.2, 0) is 27.4 Å². The largest absolute Gasteiger partial charge is 0.489 e. The van der Waals surface area contributed by atoms with Crippen LogP contribution in [0.4, 0.5) is 0 Å². The molecular formula is C23H24Cl2N2O6S. The third-order valence-corrected chi connectivity index (χ3v) is 5.59. The number of ether oxygens (including phenoxy) is 1. The van der Waals surface area contributed by atoms with Crippen molar-refractivity contribution in [2.45, 2.75) is 38.5 Å². The third kappa shape index (κ3) is 8.57. The molecule has 0 unspecified atom stereocenters. The Bertz CT molecular complexity index is 1020. The molecule has 182 valence electrons. The van der Waals surface area contributed by atoms with E-state index in [-0.39, 0.29) is 12.3 Å². The van der Waals surface area contributed by atoms with Crippen LogP contribution in [0.25, 0.3) is 0 Å². The number of hydrogen-bond donors (Lipinski definition) is 3. The van der Waals surface area contributed by atoms with Crippen molar-refractivity contribution in [3.05, 3.63) is 63.6 Å². The summed E-state index contributed by atoms with van der Waals surface area (Å²) in [5.41, 5.74) is 7.20. The molecule has 34 heavy (non-hydrogen) atoms. The predicted octanol–water partition coefficient (Wildman–Crippen LogP) is 3.59. The molecule has 1 aliphatic heterocycles. The van der Waals surface area contributed by atoms with E-state index in [1.54, 1.807) is 42.5 Å². The van der Waals surface area contributed by atoms with Crippen molar-refractivity contribution in [1.82, 2.24) is 4.90 Å². The average Bonchev–Trinajstić information content (AvgIpc) is 3.15. The van der Waals surface area contributed by atoms with Crippen LogP contribution >= 0.6 is 35.4 Å². The van der Waals surface area contributed by atoms with Crippen molar-refractivity contribution < 1.29 is 29.3 Å². The average molecular weight is 527 g/mol. The Balaban J connectivity index is 0.000000287. The fraction of sp³-hybridized carbons (Fsp3) is 0.304. The van der Waals surface area contributed by atoms with Crippen LogP contribution in [0.5, 0.6) is 5.75 Å². The number of amides is 1. The minimum Gasteiger partial charge on any atom is -0.489 e. The van der Waals surface area contributed by atoms with Gasteiger partial charge in [0.1, 0.15) is 24.4 Å². The first-order chi connectivity index (χ1) is 16.0. The molecule has 2 aromatic carbocycles. The number of carbonyl (C=O) groups excluding carboxylic acids is 1. The number of carboxylic acids is 2. The normalized spacial score (nSPS) is 15.8. The quantitative estimate of drug-likeness (QED) is 0.466. The van der Waals surface area contributed by atoms with Crippen molar-refractivity contribution >= 4 is 58.1 Å². The SMILES string of the molecule is CC(=O)N1CC(=S)C[C@H]1C(=O)O.N[C@@H](Cc1ccc(OCc2cc(Cl)cc(Cl)c2)cc1)C(=O)O. The number of nitrogens with two attached hydrogens (primary N) is 1. The summed E-state index contributed by atoms with van der Waals surface area (Å²) in [6.45, 7) is 2.00. The van der Waals surface area contributed by atoms with E-state index >= 15 is 0 Å². The molecule has 1 amide bonds. The molecule has 8 nitrogen and oxygen atoms in total. The molecule has 1 saturated heterocycles. The summed E-state index contributed by atoms with van der Waals surface area (Å²) in [6.07, 6.45) is 0.587. The molecule has 4 N–H and O–H groups in total. The maximum Gasteiger partial charge on any atom is 0.326 e. The van der Waals surface area contributed by atoms with Crippen molar-refractivity contribution in [3.8, 4) is 5.75 Å². The molecule has 0 aliphatic carbocycles. The molecule has 0 saturated carbocycles. The maximum absolute atomic E-state index is 10.9. The predicted molar refractivity (Wildman–Crippen MR) is 133 cm³/mol. The van der Waals surface area contributed by atoms with Gasteiger partial charge in [-0.2, -0.15) is 0 Å². The van der Waals surface area contributed by atoms with E-state index < -0.39 is 24.0 Å². The zero-order chi connectivity index (χ0) is 25.4. The summed E-state index contributed by atoms with van der Waals surface area (Å²) >= 11 is 16.7. The first-order valence-corrected chi connectivity index (χ1v) is 11.3. The monoisotopic (exact) mass is 526 g/mol. The summed E-state index contributed by atoms with van der Waals surface area (Å²) in [7, 11) is 0. The summed E-state index contributed by atoms with van der Waals surface area (Å²) < 4.78 is 5.64. The number of aliphatic carboxylic acids is 2. The Hall–Kier alpha value is -2.72. The van der Waals surface area contributed by atoms with Crippen LogP contribution in [0, 0.1) is 0 Å². The molecule has 0 radical (unpaired) electrons. The van der Waals surface area contributed by atoms with Gasteiger partial charge in [-0.3, -0.25) is 9.59 Å². The second-order valence-electron chi connectivity index (χ2n) is 7.60. The molecule has 2 atom stereocenters. The molecule has 3 rings (SSSR count). The summed E-state index contributed by atoms with van der Waals surface area (Å²) in [6, 6.07) is 10.7. The number of halogens is 2. The Morgan fingerprint density at radius 3 is 2.18 bits per heavy atom. The lowest BCUT2D eigenvalue weighted by atomic mass is 10.1. The van der Waals surface area contributed by atoms with Crippen molar-refractivity contribution in [2.75, 3.05) is 6.54 Å². The highest BCUT2D eigenvalue weighted by molar-refractivity contribution is 7.80. The number of thiocarbonyl (C=S) groups is 1. The zero-order valence-corrected chi connectivity index (χ0v) is 20.6.